The van der Waals surface area contributed by atoms with E-state index in [-0.39, 0.29) is 17.6 Å². The maximum atomic E-state index is 13.0. The minimum atomic E-state index is -0.348. The van der Waals surface area contributed by atoms with Crippen LogP contribution in [0.4, 0.5) is 4.39 Å². The lowest BCUT2D eigenvalue weighted by Crippen LogP contribution is -2.36. The van der Waals surface area contributed by atoms with Gasteiger partial charge in [-0.25, -0.2) is 10.2 Å². The lowest BCUT2D eigenvalue weighted by molar-refractivity contribution is -0.131. The smallest absolute Gasteiger partial charge is 0.243 e. The molecule has 1 aromatic carbocycles. The summed E-state index contributed by atoms with van der Waals surface area (Å²) in [6.07, 6.45) is 0. The number of benzene rings is 1. The van der Waals surface area contributed by atoms with E-state index in [1.165, 1.54) is 13.1 Å². The van der Waals surface area contributed by atoms with E-state index in [1.807, 2.05) is 0 Å². The van der Waals surface area contributed by atoms with Gasteiger partial charge in [-0.15, -0.1) is 0 Å². The molecular weight excluding hydrogens is 195 g/mol. The Labute approximate surface area is 88.7 Å². The molecule has 82 valence electrons. The number of rotatable bonds is 2. The Balaban J connectivity index is 2.97. The van der Waals surface area contributed by atoms with Crippen LogP contribution >= 0.6 is 0 Å². The molecule has 2 N–H and O–H groups in total. The topological polar surface area (TPSA) is 46.3 Å². The molecule has 0 bridgehead atoms. The maximum absolute atomic E-state index is 13.0. The number of halogens is 1. The highest BCUT2D eigenvalue weighted by Crippen LogP contribution is 2.19. The molecule has 0 aliphatic rings. The number of carbonyl (C=O) groups is 1. The Morgan fingerprint density at radius 2 is 2.13 bits per heavy atom. The fourth-order valence-electron chi connectivity index (χ4n) is 1.39. The predicted octanol–water partition coefficient (Wildman–Crippen LogP) is 1.57. The number of nitrogens with zero attached hydrogens (tertiary/aromatic N) is 1. The molecule has 0 saturated heterocycles. The van der Waals surface area contributed by atoms with Crippen molar-refractivity contribution in [2.45, 2.75) is 19.8 Å². The zero-order chi connectivity index (χ0) is 11.6. The monoisotopic (exact) mass is 210 g/mol. The molecule has 3 nitrogen and oxygen atoms in total. The van der Waals surface area contributed by atoms with Crippen LogP contribution in [0.2, 0.25) is 0 Å². The third kappa shape index (κ3) is 2.53. The van der Waals surface area contributed by atoms with E-state index in [2.05, 4.69) is 0 Å². The van der Waals surface area contributed by atoms with Crippen LogP contribution in [0.3, 0.4) is 0 Å². The van der Waals surface area contributed by atoms with Crippen LogP contribution in [0.5, 0.6) is 0 Å². The molecule has 0 fully saturated rings. The van der Waals surface area contributed by atoms with E-state index < -0.39 is 0 Å². The van der Waals surface area contributed by atoms with Gasteiger partial charge in [-0.05, 0) is 31.0 Å². The number of hydrogen-bond acceptors (Lipinski definition) is 2. The molecule has 1 amide bonds. The summed E-state index contributed by atoms with van der Waals surface area (Å²) < 4.78 is 13.0. The van der Waals surface area contributed by atoms with Gasteiger partial charge in [-0.2, -0.15) is 0 Å². The van der Waals surface area contributed by atoms with Gasteiger partial charge in [-0.1, -0.05) is 12.1 Å². The molecule has 15 heavy (non-hydrogen) atoms. The first-order chi connectivity index (χ1) is 6.93. The number of nitrogens with two attached hydrogens (primary N) is 1. The van der Waals surface area contributed by atoms with E-state index in [1.54, 1.807) is 26.0 Å². The maximum Gasteiger partial charge on any atom is 0.243 e. The molecule has 0 saturated carbocycles. The molecule has 1 atom stereocenters. The van der Waals surface area contributed by atoms with Crippen LogP contribution in [-0.4, -0.2) is 18.0 Å². The summed E-state index contributed by atoms with van der Waals surface area (Å²) in [6.45, 7) is 3.42. The van der Waals surface area contributed by atoms with E-state index in [0.717, 1.165) is 10.6 Å². The molecule has 0 aromatic heterocycles. The first kappa shape index (κ1) is 11.7. The van der Waals surface area contributed by atoms with Crippen LogP contribution in [0.15, 0.2) is 18.2 Å². The van der Waals surface area contributed by atoms with Crippen LogP contribution in [0.1, 0.15) is 24.0 Å². The molecule has 0 radical (unpaired) electrons. The summed E-state index contributed by atoms with van der Waals surface area (Å²) in [5.41, 5.74) is 1.31. The van der Waals surface area contributed by atoms with E-state index in [4.69, 9.17) is 5.84 Å². The minimum absolute atomic E-state index is 0.194. The van der Waals surface area contributed by atoms with Gasteiger partial charge < -0.3 is 0 Å². The highest BCUT2D eigenvalue weighted by molar-refractivity contribution is 5.82. The number of carbonyl (C=O) groups excluding carboxylic acids is 1. The second kappa shape index (κ2) is 4.40. The fraction of sp³-hybridized carbons (Fsp3) is 0.364. The molecule has 0 aliphatic heterocycles. The van der Waals surface area contributed by atoms with Crippen LogP contribution < -0.4 is 5.84 Å². The van der Waals surface area contributed by atoms with E-state index in [9.17, 15) is 9.18 Å². The second-order valence-corrected chi connectivity index (χ2v) is 3.68. The average Bonchev–Trinajstić information content (AvgIpc) is 2.19. The van der Waals surface area contributed by atoms with Crippen LogP contribution in [0, 0.1) is 12.7 Å². The van der Waals surface area contributed by atoms with Crippen molar-refractivity contribution >= 4 is 5.91 Å². The van der Waals surface area contributed by atoms with Gasteiger partial charge in [0.1, 0.15) is 5.82 Å². The normalized spacial score (nSPS) is 12.3. The first-order valence-electron chi connectivity index (χ1n) is 4.71. The standard InChI is InChI=1S/C11H15FN2O/c1-7-6-9(4-5-10(7)12)8(2)11(15)14(3)13/h4-6,8H,13H2,1-3H3. The molecule has 1 aromatic rings. The zero-order valence-electron chi connectivity index (χ0n) is 9.12. The average molecular weight is 210 g/mol. The van der Waals surface area contributed by atoms with E-state index in [0.29, 0.717) is 5.56 Å². The molecular formula is C11H15FN2O. The number of hydrazine groups is 1. The molecule has 0 aliphatic carbocycles. The van der Waals surface area contributed by atoms with Crippen molar-refractivity contribution in [1.29, 1.82) is 0 Å². The minimum Gasteiger partial charge on any atom is -0.283 e. The number of hydrogen-bond donors (Lipinski definition) is 1. The third-order valence-electron chi connectivity index (χ3n) is 2.40. The van der Waals surface area contributed by atoms with Crippen molar-refractivity contribution in [3.05, 3.63) is 35.1 Å². The summed E-state index contributed by atoms with van der Waals surface area (Å²) in [5.74, 6) is 4.55. The summed E-state index contributed by atoms with van der Waals surface area (Å²) in [4.78, 5) is 11.5. The summed E-state index contributed by atoms with van der Waals surface area (Å²) in [5, 5.41) is 1.04. The van der Waals surface area contributed by atoms with Crippen molar-refractivity contribution < 1.29 is 9.18 Å². The molecule has 4 heteroatoms. The Kier molecular flexibility index (Phi) is 3.42. The Morgan fingerprint density at radius 3 is 2.60 bits per heavy atom. The molecule has 0 spiro atoms. The summed E-state index contributed by atoms with van der Waals surface area (Å²) in [6, 6.07) is 4.64. The Hall–Kier alpha value is -1.42. The quantitative estimate of drug-likeness (QED) is 0.457. The lowest BCUT2D eigenvalue weighted by Gasteiger charge is -2.17. The molecule has 1 rings (SSSR count). The van der Waals surface area contributed by atoms with Crippen molar-refractivity contribution in [3.8, 4) is 0 Å². The van der Waals surface area contributed by atoms with Crippen molar-refractivity contribution in [1.82, 2.24) is 5.01 Å². The second-order valence-electron chi connectivity index (χ2n) is 3.68. The first-order valence-corrected chi connectivity index (χ1v) is 4.71. The van der Waals surface area contributed by atoms with Crippen molar-refractivity contribution in [3.63, 3.8) is 0 Å². The Morgan fingerprint density at radius 1 is 1.53 bits per heavy atom. The predicted molar refractivity (Wildman–Crippen MR) is 56.5 cm³/mol. The number of amides is 1. The largest absolute Gasteiger partial charge is 0.283 e. The highest BCUT2D eigenvalue weighted by atomic mass is 19.1. The Bertz CT molecular complexity index is 377. The SMILES string of the molecule is Cc1cc(C(C)C(=O)N(C)N)ccc1F. The number of likely N-dealkylation sites (N-methyl/N-ethyl adjacent to an activating group) is 1. The van der Waals surface area contributed by atoms with Gasteiger partial charge in [0.05, 0.1) is 5.92 Å². The van der Waals surface area contributed by atoms with Gasteiger partial charge >= 0.3 is 0 Å². The van der Waals surface area contributed by atoms with Crippen molar-refractivity contribution in [2.75, 3.05) is 7.05 Å². The van der Waals surface area contributed by atoms with Crippen molar-refractivity contribution in [2.24, 2.45) is 5.84 Å². The van der Waals surface area contributed by atoms with Gasteiger partial charge in [0.2, 0.25) is 5.91 Å². The van der Waals surface area contributed by atoms with Gasteiger partial charge in [0, 0.05) is 7.05 Å². The lowest BCUT2D eigenvalue weighted by atomic mass is 9.98. The number of aryl methyl sites for hydroxylation is 1. The van der Waals surface area contributed by atoms with Crippen LogP contribution in [0.25, 0.3) is 0 Å². The fourth-order valence-corrected chi connectivity index (χ4v) is 1.39. The van der Waals surface area contributed by atoms with Crippen LogP contribution in [-0.2, 0) is 4.79 Å². The van der Waals surface area contributed by atoms with Gasteiger partial charge in [0.15, 0.2) is 0 Å². The van der Waals surface area contributed by atoms with Gasteiger partial charge in [-0.3, -0.25) is 9.80 Å². The third-order valence-corrected chi connectivity index (χ3v) is 2.40. The summed E-state index contributed by atoms with van der Waals surface area (Å²) >= 11 is 0. The molecule has 1 unspecified atom stereocenters. The summed E-state index contributed by atoms with van der Waals surface area (Å²) in [7, 11) is 1.50. The van der Waals surface area contributed by atoms with Gasteiger partial charge in [0.25, 0.3) is 0 Å². The molecule has 0 heterocycles. The highest BCUT2D eigenvalue weighted by Gasteiger charge is 2.17. The van der Waals surface area contributed by atoms with E-state index >= 15 is 0 Å². The zero-order valence-corrected chi connectivity index (χ0v) is 9.12.